The van der Waals surface area contributed by atoms with Gasteiger partial charge in [-0.05, 0) is 30.5 Å². The van der Waals surface area contributed by atoms with Crippen LogP contribution in [0.5, 0.6) is 0 Å². The molecular weight excluding hydrogens is 328 g/mol. The maximum Gasteiger partial charge on any atom is 0.282 e. The second kappa shape index (κ2) is 8.75. The van der Waals surface area contributed by atoms with E-state index in [0.717, 1.165) is 18.7 Å². The van der Waals surface area contributed by atoms with Gasteiger partial charge in [-0.25, -0.2) is 4.98 Å². The van der Waals surface area contributed by atoms with E-state index in [1.165, 1.54) is 9.87 Å². The van der Waals surface area contributed by atoms with Gasteiger partial charge in [0, 0.05) is 39.4 Å². The number of hydrogen-bond acceptors (Lipinski definition) is 5. The predicted molar refractivity (Wildman–Crippen MR) is 95.3 cm³/mol. The van der Waals surface area contributed by atoms with Gasteiger partial charge in [-0.15, -0.1) is 0 Å². The number of nitrogens with one attached hydrogen (secondary N) is 1. The van der Waals surface area contributed by atoms with E-state index in [0.29, 0.717) is 32.8 Å². The monoisotopic (exact) mass is 356 g/mol. The minimum absolute atomic E-state index is 0.0738. The molecule has 7 nitrogen and oxygen atoms in total. The molecule has 1 aromatic rings. The summed E-state index contributed by atoms with van der Waals surface area (Å²) in [5.74, 6) is 0.836. The molecule has 0 aromatic carbocycles. The van der Waals surface area contributed by atoms with Gasteiger partial charge in [0.2, 0.25) is 0 Å². The smallest absolute Gasteiger partial charge is 0.282 e. The molecule has 136 valence electrons. The van der Waals surface area contributed by atoms with Gasteiger partial charge in [-0.3, -0.25) is 0 Å². The van der Waals surface area contributed by atoms with Crippen LogP contribution < -0.4 is 5.32 Å². The van der Waals surface area contributed by atoms with Crippen molar-refractivity contribution in [2.45, 2.75) is 32.8 Å². The maximum absolute atomic E-state index is 12.6. The Hall–Kier alpha value is -1.22. The zero-order chi connectivity index (χ0) is 17.6. The van der Waals surface area contributed by atoms with Crippen molar-refractivity contribution in [2.75, 3.05) is 45.2 Å². The molecule has 0 saturated carbocycles. The molecular formula is C16H28N4O3S. The summed E-state index contributed by atoms with van der Waals surface area (Å²) in [7, 11) is -1.54. The van der Waals surface area contributed by atoms with Crippen molar-refractivity contribution < 1.29 is 13.2 Å². The highest BCUT2D eigenvalue weighted by atomic mass is 32.2. The average molecular weight is 356 g/mol. The highest BCUT2D eigenvalue weighted by molar-refractivity contribution is 7.86. The molecule has 8 heteroatoms. The first-order valence-electron chi connectivity index (χ1n) is 8.50. The SMILES string of the molecule is CCN(CC)S(=O)(=O)N1CCOC(CCc2ccnc(NC)c2)C1. The lowest BCUT2D eigenvalue weighted by Crippen LogP contribution is -2.51. The third-order valence-corrected chi connectivity index (χ3v) is 6.45. The molecule has 1 atom stereocenters. The Bertz CT molecular complexity index is 620. The van der Waals surface area contributed by atoms with Gasteiger partial charge in [-0.2, -0.15) is 17.0 Å². The quantitative estimate of drug-likeness (QED) is 0.761. The van der Waals surface area contributed by atoms with E-state index in [4.69, 9.17) is 4.74 Å². The lowest BCUT2D eigenvalue weighted by atomic mass is 10.1. The number of anilines is 1. The molecule has 0 bridgehead atoms. The van der Waals surface area contributed by atoms with E-state index in [1.54, 1.807) is 10.5 Å². The Morgan fingerprint density at radius 3 is 2.83 bits per heavy atom. The Morgan fingerprint density at radius 1 is 1.42 bits per heavy atom. The van der Waals surface area contributed by atoms with E-state index >= 15 is 0 Å². The van der Waals surface area contributed by atoms with E-state index < -0.39 is 10.2 Å². The zero-order valence-electron chi connectivity index (χ0n) is 14.7. The Balaban J connectivity index is 1.95. The molecule has 1 fully saturated rings. The van der Waals surface area contributed by atoms with Crippen molar-refractivity contribution in [3.63, 3.8) is 0 Å². The topological polar surface area (TPSA) is 74.8 Å². The molecule has 1 saturated heterocycles. The average Bonchev–Trinajstić information content (AvgIpc) is 2.61. The number of pyridine rings is 1. The van der Waals surface area contributed by atoms with Crippen LogP contribution in [0.25, 0.3) is 0 Å². The van der Waals surface area contributed by atoms with Gasteiger partial charge in [0.05, 0.1) is 12.7 Å². The van der Waals surface area contributed by atoms with Gasteiger partial charge in [-0.1, -0.05) is 13.8 Å². The van der Waals surface area contributed by atoms with Gasteiger partial charge in [0.1, 0.15) is 5.82 Å². The Kier molecular flexibility index (Phi) is 6.97. The van der Waals surface area contributed by atoms with Gasteiger partial charge >= 0.3 is 0 Å². The zero-order valence-corrected chi connectivity index (χ0v) is 15.6. The largest absolute Gasteiger partial charge is 0.375 e. The molecule has 1 N–H and O–H groups in total. The highest BCUT2D eigenvalue weighted by Gasteiger charge is 2.32. The fraction of sp³-hybridized carbons (Fsp3) is 0.688. The van der Waals surface area contributed by atoms with E-state index in [2.05, 4.69) is 10.3 Å². The van der Waals surface area contributed by atoms with Crippen LogP contribution in [0.1, 0.15) is 25.8 Å². The van der Waals surface area contributed by atoms with Crippen molar-refractivity contribution in [1.82, 2.24) is 13.6 Å². The molecule has 0 aliphatic carbocycles. The normalized spacial score (nSPS) is 19.6. The van der Waals surface area contributed by atoms with Crippen molar-refractivity contribution >= 4 is 16.0 Å². The summed E-state index contributed by atoms with van der Waals surface area (Å²) >= 11 is 0. The third-order valence-electron chi connectivity index (χ3n) is 4.29. The fourth-order valence-electron chi connectivity index (χ4n) is 2.88. The molecule has 0 spiro atoms. The summed E-state index contributed by atoms with van der Waals surface area (Å²) in [5.41, 5.74) is 1.17. The minimum atomic E-state index is -3.38. The molecule has 0 radical (unpaired) electrons. The van der Waals surface area contributed by atoms with Crippen LogP contribution in [-0.2, 0) is 21.4 Å². The van der Waals surface area contributed by atoms with Crippen molar-refractivity contribution in [2.24, 2.45) is 0 Å². The first kappa shape index (κ1) is 19.1. The molecule has 2 rings (SSSR count). The van der Waals surface area contributed by atoms with Crippen LogP contribution in [-0.4, -0.2) is 67.9 Å². The Labute approximate surface area is 145 Å². The molecule has 24 heavy (non-hydrogen) atoms. The van der Waals surface area contributed by atoms with Crippen molar-refractivity contribution in [3.05, 3.63) is 23.9 Å². The van der Waals surface area contributed by atoms with Gasteiger partial charge in [0.25, 0.3) is 10.2 Å². The standard InChI is InChI=1S/C16H28N4O3S/c1-4-19(5-2)24(21,22)20-10-11-23-15(13-20)7-6-14-8-9-18-16(12-14)17-3/h8-9,12,15H,4-7,10-11,13H2,1-3H3,(H,17,18). The summed E-state index contributed by atoms with van der Waals surface area (Å²) < 4.78 is 34.1. The summed E-state index contributed by atoms with van der Waals surface area (Å²) in [6.45, 7) is 6.00. The maximum atomic E-state index is 12.6. The number of aryl methyl sites for hydroxylation is 1. The minimum Gasteiger partial charge on any atom is -0.375 e. The number of hydrogen-bond donors (Lipinski definition) is 1. The fourth-order valence-corrected chi connectivity index (χ4v) is 4.52. The predicted octanol–water partition coefficient (Wildman–Crippen LogP) is 1.34. The number of nitrogens with zero attached hydrogens (tertiary/aromatic N) is 3. The van der Waals surface area contributed by atoms with E-state index in [1.807, 2.05) is 33.0 Å². The second-order valence-corrected chi connectivity index (χ2v) is 7.71. The van der Waals surface area contributed by atoms with E-state index in [-0.39, 0.29) is 6.10 Å². The number of rotatable bonds is 8. The second-order valence-electron chi connectivity index (χ2n) is 5.78. The van der Waals surface area contributed by atoms with Crippen LogP contribution in [0.3, 0.4) is 0 Å². The van der Waals surface area contributed by atoms with Crippen molar-refractivity contribution in [3.8, 4) is 0 Å². The van der Waals surface area contributed by atoms with Crippen LogP contribution in [0.4, 0.5) is 5.82 Å². The van der Waals surface area contributed by atoms with Gasteiger partial charge < -0.3 is 10.1 Å². The lowest BCUT2D eigenvalue weighted by Gasteiger charge is -2.35. The lowest BCUT2D eigenvalue weighted by molar-refractivity contribution is -0.00686. The molecule has 1 aliphatic heterocycles. The number of aromatic nitrogens is 1. The first-order chi connectivity index (χ1) is 11.5. The van der Waals surface area contributed by atoms with Crippen LogP contribution in [0.2, 0.25) is 0 Å². The molecule has 2 heterocycles. The third kappa shape index (κ3) is 4.66. The molecule has 1 unspecified atom stereocenters. The van der Waals surface area contributed by atoms with Crippen LogP contribution in [0.15, 0.2) is 18.3 Å². The first-order valence-corrected chi connectivity index (χ1v) is 9.90. The van der Waals surface area contributed by atoms with Crippen LogP contribution in [0, 0.1) is 0 Å². The van der Waals surface area contributed by atoms with E-state index in [9.17, 15) is 8.42 Å². The summed E-state index contributed by atoms with van der Waals surface area (Å²) in [4.78, 5) is 4.20. The summed E-state index contributed by atoms with van der Waals surface area (Å²) in [6.07, 6.45) is 3.33. The van der Waals surface area contributed by atoms with Gasteiger partial charge in [0.15, 0.2) is 0 Å². The van der Waals surface area contributed by atoms with Crippen molar-refractivity contribution in [1.29, 1.82) is 0 Å². The summed E-state index contributed by atoms with van der Waals surface area (Å²) in [6, 6.07) is 3.99. The number of morpholine rings is 1. The Morgan fingerprint density at radius 2 is 2.17 bits per heavy atom. The molecule has 1 aromatic heterocycles. The summed E-state index contributed by atoms with van der Waals surface area (Å²) in [5, 5.41) is 3.02. The highest BCUT2D eigenvalue weighted by Crippen LogP contribution is 2.18. The number of ether oxygens (including phenoxy) is 1. The molecule has 1 aliphatic rings. The van der Waals surface area contributed by atoms with Crippen LogP contribution >= 0.6 is 0 Å². The molecule has 0 amide bonds.